The lowest BCUT2D eigenvalue weighted by Gasteiger charge is -2.10. The predicted octanol–water partition coefficient (Wildman–Crippen LogP) is 3.53. The zero-order valence-corrected chi connectivity index (χ0v) is 16.9. The SMILES string of the molecule is Cc1cc(NC(=O)c2ccc(-c3cccs3)nc2C)n(-c2ncnc3nc[nH]c23)n1. The molecule has 9 nitrogen and oxygen atoms in total. The van der Waals surface area contributed by atoms with Crippen molar-refractivity contribution < 1.29 is 4.79 Å². The molecule has 5 aromatic heterocycles. The van der Waals surface area contributed by atoms with E-state index in [1.807, 2.05) is 37.4 Å². The van der Waals surface area contributed by atoms with Crippen LogP contribution in [0.15, 0.2) is 48.4 Å². The van der Waals surface area contributed by atoms with E-state index in [2.05, 4.69) is 35.3 Å². The molecular formula is C20H16N8OS. The number of aryl methyl sites for hydroxylation is 2. The number of nitrogens with zero attached hydrogens (tertiary/aromatic N) is 6. The Morgan fingerprint density at radius 1 is 1.17 bits per heavy atom. The zero-order valence-electron chi connectivity index (χ0n) is 16.1. The van der Waals surface area contributed by atoms with Crippen molar-refractivity contribution in [2.45, 2.75) is 13.8 Å². The quantitative estimate of drug-likeness (QED) is 0.463. The number of nitrogens with one attached hydrogen (secondary N) is 2. The number of pyridine rings is 1. The minimum Gasteiger partial charge on any atom is -0.340 e. The van der Waals surface area contributed by atoms with E-state index in [0.29, 0.717) is 34.1 Å². The molecule has 0 fully saturated rings. The van der Waals surface area contributed by atoms with Crippen molar-refractivity contribution in [3.8, 4) is 16.4 Å². The standard InChI is InChI=1S/C20H16N8OS/c1-11-8-16(28(27-11)19-17-18(22-9-21-17)23-10-24-19)26-20(29)13-5-6-14(25-12(13)2)15-4-3-7-30-15/h3-10H,1-2H3,(H,26,29)(H,21,22,23,24). The maximum absolute atomic E-state index is 13.0. The lowest BCUT2D eigenvalue weighted by atomic mass is 10.1. The number of fused-ring (bicyclic) bond motifs is 1. The van der Waals surface area contributed by atoms with Crippen LogP contribution in [0.25, 0.3) is 27.6 Å². The third-order valence-corrected chi connectivity index (χ3v) is 5.47. The maximum atomic E-state index is 13.0. The highest BCUT2D eigenvalue weighted by Gasteiger charge is 2.18. The van der Waals surface area contributed by atoms with Gasteiger partial charge in [0.2, 0.25) is 0 Å². The first-order chi connectivity index (χ1) is 14.6. The number of imidazole rings is 1. The number of carbonyl (C=O) groups excluding carboxylic acids is 1. The fraction of sp³-hybridized carbons (Fsp3) is 0.100. The molecule has 0 atom stereocenters. The van der Waals surface area contributed by atoms with Gasteiger partial charge in [-0.1, -0.05) is 6.07 Å². The summed E-state index contributed by atoms with van der Waals surface area (Å²) in [5, 5.41) is 9.41. The van der Waals surface area contributed by atoms with E-state index in [1.165, 1.54) is 6.33 Å². The van der Waals surface area contributed by atoms with Gasteiger partial charge in [-0.15, -0.1) is 11.3 Å². The van der Waals surface area contributed by atoms with Gasteiger partial charge in [0.1, 0.15) is 17.7 Å². The van der Waals surface area contributed by atoms with Gasteiger partial charge in [-0.25, -0.2) is 15.0 Å². The van der Waals surface area contributed by atoms with Crippen LogP contribution < -0.4 is 5.32 Å². The molecule has 0 saturated carbocycles. The van der Waals surface area contributed by atoms with E-state index < -0.39 is 0 Å². The van der Waals surface area contributed by atoms with Gasteiger partial charge in [0, 0.05) is 6.07 Å². The number of hydrogen-bond acceptors (Lipinski definition) is 7. The van der Waals surface area contributed by atoms with Crippen LogP contribution in [0.1, 0.15) is 21.7 Å². The Hall–Kier alpha value is -3.92. The second-order valence-electron chi connectivity index (χ2n) is 6.64. The number of thiophene rings is 1. The molecule has 0 aromatic carbocycles. The van der Waals surface area contributed by atoms with E-state index in [1.54, 1.807) is 34.5 Å². The zero-order chi connectivity index (χ0) is 20.7. The molecule has 0 spiro atoms. The Balaban J connectivity index is 1.48. The third kappa shape index (κ3) is 3.12. The number of amides is 1. The number of aromatic nitrogens is 7. The summed E-state index contributed by atoms with van der Waals surface area (Å²) in [6.45, 7) is 3.67. The van der Waals surface area contributed by atoms with Gasteiger partial charge in [-0.05, 0) is 37.4 Å². The van der Waals surface area contributed by atoms with Gasteiger partial charge < -0.3 is 10.3 Å². The number of hydrogen-bond donors (Lipinski definition) is 2. The number of H-pyrrole nitrogens is 1. The van der Waals surface area contributed by atoms with Crippen LogP contribution in [-0.4, -0.2) is 40.6 Å². The fourth-order valence-corrected chi connectivity index (χ4v) is 3.90. The first-order valence-corrected chi connectivity index (χ1v) is 10.0. The highest BCUT2D eigenvalue weighted by Crippen LogP contribution is 2.25. The molecule has 5 rings (SSSR count). The van der Waals surface area contributed by atoms with Crippen LogP contribution >= 0.6 is 11.3 Å². The maximum Gasteiger partial charge on any atom is 0.258 e. The second kappa shape index (κ2) is 7.16. The number of aromatic amines is 1. The van der Waals surface area contributed by atoms with Gasteiger partial charge in [0.25, 0.3) is 5.91 Å². The van der Waals surface area contributed by atoms with E-state index in [0.717, 1.165) is 16.3 Å². The summed E-state index contributed by atoms with van der Waals surface area (Å²) in [4.78, 5) is 34.3. The molecule has 0 saturated heterocycles. The minimum atomic E-state index is -0.270. The number of anilines is 1. The molecule has 5 heterocycles. The summed E-state index contributed by atoms with van der Waals surface area (Å²) in [7, 11) is 0. The number of rotatable bonds is 4. The molecule has 30 heavy (non-hydrogen) atoms. The lowest BCUT2D eigenvalue weighted by Crippen LogP contribution is -2.17. The molecule has 0 aliphatic heterocycles. The first kappa shape index (κ1) is 18.1. The Kier molecular flexibility index (Phi) is 4.32. The summed E-state index contributed by atoms with van der Waals surface area (Å²) in [5.41, 5.74) is 3.89. The Morgan fingerprint density at radius 3 is 2.87 bits per heavy atom. The summed E-state index contributed by atoms with van der Waals surface area (Å²) >= 11 is 1.61. The predicted molar refractivity (Wildman–Crippen MR) is 114 cm³/mol. The van der Waals surface area contributed by atoms with Crippen molar-refractivity contribution in [3.05, 3.63) is 65.3 Å². The number of carbonyl (C=O) groups is 1. The largest absolute Gasteiger partial charge is 0.340 e. The topological polar surface area (TPSA) is 114 Å². The van der Waals surface area contributed by atoms with Crippen molar-refractivity contribution in [1.82, 2.24) is 34.7 Å². The molecule has 148 valence electrons. The van der Waals surface area contributed by atoms with Crippen LogP contribution in [0.2, 0.25) is 0 Å². The minimum absolute atomic E-state index is 0.270. The Labute approximate surface area is 174 Å². The highest BCUT2D eigenvalue weighted by atomic mass is 32.1. The molecule has 10 heteroatoms. The Bertz CT molecular complexity index is 1370. The molecule has 0 aliphatic carbocycles. The van der Waals surface area contributed by atoms with Gasteiger partial charge in [-0.3, -0.25) is 9.78 Å². The monoisotopic (exact) mass is 416 g/mol. The lowest BCUT2D eigenvalue weighted by molar-refractivity contribution is 0.102. The van der Waals surface area contributed by atoms with Gasteiger partial charge >= 0.3 is 0 Å². The van der Waals surface area contributed by atoms with E-state index in [-0.39, 0.29) is 5.91 Å². The molecular weight excluding hydrogens is 400 g/mol. The van der Waals surface area contributed by atoms with Crippen molar-refractivity contribution >= 4 is 34.2 Å². The third-order valence-electron chi connectivity index (χ3n) is 4.58. The van der Waals surface area contributed by atoms with E-state index >= 15 is 0 Å². The summed E-state index contributed by atoms with van der Waals surface area (Å²) in [6.07, 6.45) is 2.96. The van der Waals surface area contributed by atoms with Crippen molar-refractivity contribution in [1.29, 1.82) is 0 Å². The van der Waals surface area contributed by atoms with Crippen LogP contribution in [0.4, 0.5) is 5.82 Å². The first-order valence-electron chi connectivity index (χ1n) is 9.14. The van der Waals surface area contributed by atoms with Crippen molar-refractivity contribution in [2.75, 3.05) is 5.32 Å². The van der Waals surface area contributed by atoms with E-state index in [9.17, 15) is 4.79 Å². The van der Waals surface area contributed by atoms with Crippen molar-refractivity contribution in [2.24, 2.45) is 0 Å². The van der Waals surface area contributed by atoms with E-state index in [4.69, 9.17) is 0 Å². The van der Waals surface area contributed by atoms with Crippen LogP contribution in [0, 0.1) is 13.8 Å². The second-order valence-corrected chi connectivity index (χ2v) is 7.59. The van der Waals surface area contributed by atoms with Gasteiger partial charge in [-0.2, -0.15) is 9.78 Å². The molecule has 2 N–H and O–H groups in total. The molecule has 0 unspecified atom stereocenters. The van der Waals surface area contributed by atoms with Gasteiger partial charge in [0.05, 0.1) is 33.8 Å². The fourth-order valence-electron chi connectivity index (χ4n) is 3.21. The molecule has 1 amide bonds. The average Bonchev–Trinajstić information content (AvgIpc) is 3.48. The van der Waals surface area contributed by atoms with Crippen LogP contribution in [0.5, 0.6) is 0 Å². The smallest absolute Gasteiger partial charge is 0.258 e. The average molecular weight is 416 g/mol. The molecule has 0 aliphatic rings. The Morgan fingerprint density at radius 2 is 2.07 bits per heavy atom. The molecule has 0 bridgehead atoms. The summed E-state index contributed by atoms with van der Waals surface area (Å²) < 4.78 is 1.57. The van der Waals surface area contributed by atoms with Crippen LogP contribution in [-0.2, 0) is 0 Å². The molecule has 5 aromatic rings. The summed E-state index contributed by atoms with van der Waals surface area (Å²) in [5.74, 6) is 0.728. The molecule has 0 radical (unpaired) electrons. The van der Waals surface area contributed by atoms with Gasteiger partial charge in [0.15, 0.2) is 11.5 Å². The normalized spacial score (nSPS) is 11.1. The highest BCUT2D eigenvalue weighted by molar-refractivity contribution is 7.13. The van der Waals surface area contributed by atoms with Crippen LogP contribution in [0.3, 0.4) is 0 Å². The van der Waals surface area contributed by atoms with Crippen molar-refractivity contribution in [3.63, 3.8) is 0 Å². The summed E-state index contributed by atoms with van der Waals surface area (Å²) in [6, 6.07) is 9.41.